The summed E-state index contributed by atoms with van der Waals surface area (Å²) in [6.07, 6.45) is 0. The molecule has 0 radical (unpaired) electrons. The predicted molar refractivity (Wildman–Crippen MR) is 5.81 cm³/mol. The van der Waals surface area contributed by atoms with Crippen LogP contribution in [-0.2, 0) is 20.4 Å². The Balaban J connectivity index is 0. The van der Waals surface area contributed by atoms with E-state index in [2.05, 4.69) is 0 Å². The largest absolute Gasteiger partial charge is 2.00 e. The van der Waals surface area contributed by atoms with Crippen LogP contribution in [0.5, 0.6) is 0 Å². The van der Waals surface area contributed by atoms with Crippen LogP contribution in [0.3, 0.4) is 0 Å². The SMILES string of the molecule is [Na+].[OH-].[OH-].[OH-].[Pd+2]. The second-order valence-corrected chi connectivity index (χ2v) is 0. The summed E-state index contributed by atoms with van der Waals surface area (Å²) in [6, 6.07) is 0. The molecule has 5 heteroatoms. The summed E-state index contributed by atoms with van der Waals surface area (Å²) < 4.78 is 0. The first-order chi connectivity index (χ1) is 0. The smallest absolute Gasteiger partial charge is 0.870 e. The van der Waals surface area contributed by atoms with Gasteiger partial charge in [0.1, 0.15) is 0 Å². The Morgan fingerprint density at radius 1 is 0.600 bits per heavy atom. The molecule has 0 aromatic heterocycles. The summed E-state index contributed by atoms with van der Waals surface area (Å²) in [5.74, 6) is 0. The molecule has 0 spiro atoms. The Hall–Kier alpha value is 1.54. The van der Waals surface area contributed by atoms with Crippen LogP contribution in [0.4, 0.5) is 0 Å². The summed E-state index contributed by atoms with van der Waals surface area (Å²) in [4.78, 5) is 0. The van der Waals surface area contributed by atoms with Crippen molar-refractivity contribution in [3.05, 3.63) is 0 Å². The van der Waals surface area contributed by atoms with E-state index in [4.69, 9.17) is 0 Å². The van der Waals surface area contributed by atoms with Gasteiger partial charge in [-0.15, -0.1) is 0 Å². The van der Waals surface area contributed by atoms with Crippen molar-refractivity contribution in [2.45, 2.75) is 0 Å². The Labute approximate surface area is 66.0 Å². The zero-order valence-corrected chi connectivity index (χ0v) is 6.21. The van der Waals surface area contributed by atoms with Gasteiger partial charge in [-0.2, -0.15) is 0 Å². The average Bonchev–Trinajstić information content (AvgIpc) is 0. The summed E-state index contributed by atoms with van der Waals surface area (Å²) in [5, 5.41) is 0. The first kappa shape index (κ1) is 84.5. The van der Waals surface area contributed by atoms with Crippen molar-refractivity contribution < 1.29 is 66.4 Å². The van der Waals surface area contributed by atoms with Crippen LogP contribution in [0.2, 0.25) is 0 Å². The molecule has 0 saturated heterocycles. The molecule has 0 saturated carbocycles. The first-order valence-corrected chi connectivity index (χ1v) is 0. The van der Waals surface area contributed by atoms with Crippen LogP contribution in [0.15, 0.2) is 0 Å². The van der Waals surface area contributed by atoms with Gasteiger partial charge < -0.3 is 16.4 Å². The van der Waals surface area contributed by atoms with Crippen molar-refractivity contribution in [1.29, 1.82) is 0 Å². The molecule has 0 aliphatic rings. The van der Waals surface area contributed by atoms with E-state index in [1.54, 1.807) is 0 Å². The van der Waals surface area contributed by atoms with E-state index in [1.807, 2.05) is 0 Å². The molecule has 0 amide bonds. The van der Waals surface area contributed by atoms with Gasteiger partial charge in [0.05, 0.1) is 0 Å². The molecular formula is H3NaO3Pd. The van der Waals surface area contributed by atoms with Gasteiger partial charge >= 0.3 is 50.0 Å². The third-order valence-electron chi connectivity index (χ3n) is 0. The molecule has 0 aromatic rings. The minimum Gasteiger partial charge on any atom is -0.870 e. The molecule has 5 heavy (non-hydrogen) atoms. The van der Waals surface area contributed by atoms with E-state index >= 15 is 0 Å². The minimum absolute atomic E-state index is 0. The van der Waals surface area contributed by atoms with Crippen molar-refractivity contribution in [3.8, 4) is 0 Å². The predicted octanol–water partition coefficient (Wildman–Crippen LogP) is -3.53. The molecule has 32 valence electrons. The van der Waals surface area contributed by atoms with Gasteiger partial charge in [0, 0.05) is 0 Å². The Morgan fingerprint density at radius 3 is 0.600 bits per heavy atom. The van der Waals surface area contributed by atoms with Gasteiger partial charge in [-0.1, -0.05) is 0 Å². The molecule has 0 bridgehead atoms. The third-order valence-corrected chi connectivity index (χ3v) is 0. The van der Waals surface area contributed by atoms with E-state index in [9.17, 15) is 0 Å². The van der Waals surface area contributed by atoms with Crippen LogP contribution < -0.4 is 29.6 Å². The van der Waals surface area contributed by atoms with Crippen LogP contribution in [0, 0.1) is 0 Å². The zero-order chi connectivity index (χ0) is 0. The maximum absolute atomic E-state index is 0. The maximum Gasteiger partial charge on any atom is 2.00 e. The third kappa shape index (κ3) is 29.2. The fraction of sp³-hybridized carbons (Fsp3) is 0. The summed E-state index contributed by atoms with van der Waals surface area (Å²) in [7, 11) is 0. The average molecular weight is 180 g/mol. The molecule has 0 aromatic carbocycles. The Kier molecular flexibility index (Phi) is 812. The quantitative estimate of drug-likeness (QED) is 0.362. The Bertz CT molecular complexity index is 6.85. The van der Waals surface area contributed by atoms with Crippen LogP contribution in [-0.4, -0.2) is 16.4 Å². The van der Waals surface area contributed by atoms with Crippen molar-refractivity contribution >= 4 is 0 Å². The van der Waals surface area contributed by atoms with Gasteiger partial charge in [-0.25, -0.2) is 0 Å². The number of rotatable bonds is 0. The van der Waals surface area contributed by atoms with Crippen LogP contribution >= 0.6 is 0 Å². The molecule has 0 fully saturated rings. The number of hydrogen-bond acceptors (Lipinski definition) is 3. The van der Waals surface area contributed by atoms with Crippen molar-refractivity contribution in [2.75, 3.05) is 0 Å². The topological polar surface area (TPSA) is 90.0 Å². The molecule has 0 heterocycles. The molecule has 0 unspecified atom stereocenters. The second kappa shape index (κ2) is 48.1. The molecular weight excluding hydrogens is 177 g/mol. The summed E-state index contributed by atoms with van der Waals surface area (Å²) in [5.41, 5.74) is 0. The van der Waals surface area contributed by atoms with Crippen LogP contribution in [0.25, 0.3) is 0 Å². The van der Waals surface area contributed by atoms with Crippen molar-refractivity contribution in [2.24, 2.45) is 0 Å². The normalized spacial score (nSPS) is 0. The van der Waals surface area contributed by atoms with Crippen molar-refractivity contribution in [3.63, 3.8) is 0 Å². The standard InChI is InChI=1S/Na.3H2O.Pd/h;3*1H2;/q+1;;;;+2/p-3. The van der Waals surface area contributed by atoms with Gasteiger partial charge in [0.25, 0.3) is 0 Å². The Morgan fingerprint density at radius 2 is 0.600 bits per heavy atom. The maximum atomic E-state index is 0. The van der Waals surface area contributed by atoms with E-state index in [0.29, 0.717) is 0 Å². The molecule has 0 aliphatic carbocycles. The van der Waals surface area contributed by atoms with Gasteiger partial charge in [-0.05, 0) is 0 Å². The second-order valence-electron chi connectivity index (χ2n) is 0. The molecule has 3 nitrogen and oxygen atoms in total. The summed E-state index contributed by atoms with van der Waals surface area (Å²) >= 11 is 0. The van der Waals surface area contributed by atoms with E-state index in [0.717, 1.165) is 0 Å². The monoisotopic (exact) mass is 180 g/mol. The fourth-order valence-corrected chi connectivity index (χ4v) is 0. The summed E-state index contributed by atoms with van der Waals surface area (Å²) in [6.45, 7) is 0. The van der Waals surface area contributed by atoms with Gasteiger partial charge in [0.15, 0.2) is 0 Å². The molecule has 0 aliphatic heterocycles. The molecule has 0 rings (SSSR count). The van der Waals surface area contributed by atoms with E-state index in [1.165, 1.54) is 0 Å². The van der Waals surface area contributed by atoms with E-state index < -0.39 is 0 Å². The zero-order valence-electron chi connectivity index (χ0n) is 2.66. The fourth-order valence-electron chi connectivity index (χ4n) is 0. The first-order valence-electron chi connectivity index (χ1n) is 0. The van der Waals surface area contributed by atoms with Crippen LogP contribution in [0.1, 0.15) is 0 Å². The molecule has 0 atom stereocenters. The number of hydrogen-bond donors (Lipinski definition) is 0. The minimum atomic E-state index is 0. The van der Waals surface area contributed by atoms with Gasteiger partial charge in [-0.3, -0.25) is 0 Å². The van der Waals surface area contributed by atoms with Crippen molar-refractivity contribution in [1.82, 2.24) is 0 Å². The molecule has 3 N–H and O–H groups in total. The van der Waals surface area contributed by atoms with E-state index in [-0.39, 0.29) is 66.4 Å². The van der Waals surface area contributed by atoms with Gasteiger partial charge in [0.2, 0.25) is 0 Å².